The van der Waals surface area contributed by atoms with Crippen LogP contribution in [0.2, 0.25) is 0 Å². The van der Waals surface area contributed by atoms with E-state index in [1.807, 2.05) is 57.5 Å². The van der Waals surface area contributed by atoms with Crippen LogP contribution in [0.3, 0.4) is 0 Å². The molecule has 0 fully saturated rings. The molecule has 0 aliphatic heterocycles. The molecule has 2 aromatic carbocycles. The normalized spacial score (nSPS) is 13.3. The summed E-state index contributed by atoms with van der Waals surface area (Å²) in [6, 6.07) is 34.7. The highest BCUT2D eigenvalue weighted by Crippen LogP contribution is 2.47. The summed E-state index contributed by atoms with van der Waals surface area (Å²) >= 11 is 7.56. The maximum atomic E-state index is 12.1. The molecule has 0 N–H and O–H groups in total. The van der Waals surface area contributed by atoms with Gasteiger partial charge >= 0.3 is 0 Å². The molecular formula is C48H34N4O2S4. The van der Waals surface area contributed by atoms with Crippen LogP contribution < -0.4 is 0 Å². The topological polar surface area (TPSA) is 129 Å². The maximum absolute atomic E-state index is 12.1. The Hall–Kier alpha value is -6.50. The minimum absolute atomic E-state index is 0.0172. The molecule has 10 heteroatoms. The smallest absolute Gasteiger partial charge is 0.194 e. The van der Waals surface area contributed by atoms with E-state index in [9.17, 15) is 9.59 Å². The summed E-state index contributed by atoms with van der Waals surface area (Å²) in [5, 5.41) is 39.9. The standard InChI is InChI=1S/C21H20S4.C14H8N2O.C13H6N2O/c1-13-11-17(24-19(13)15-7-5-9-22-15)21(3,4)18-12-14(2)20(25-18)16-8-6-10-23-16;1-2-10-13(9(7-15)8-16)11-5-3-4-6-12(11)14(10)17;1-8-12(9(6-14)7-15)10-4-2-3-5-11(10)13(8)16/h5-12H,1-4H3;2-6H,1H3;2-5H,1H2/b;10-2-;. The van der Waals surface area contributed by atoms with Crippen LogP contribution in [0.1, 0.15) is 73.5 Å². The van der Waals surface area contributed by atoms with Crippen LogP contribution in [-0.4, -0.2) is 11.6 Å². The van der Waals surface area contributed by atoms with Gasteiger partial charge < -0.3 is 0 Å². The minimum atomic E-state index is -0.214. The van der Waals surface area contributed by atoms with Crippen LogP contribution in [0.15, 0.2) is 131 Å². The summed E-state index contributed by atoms with van der Waals surface area (Å²) in [5.74, 6) is -0.338. The summed E-state index contributed by atoms with van der Waals surface area (Å²) < 4.78 is 0. The van der Waals surface area contributed by atoms with E-state index >= 15 is 0 Å². The molecule has 0 amide bonds. The van der Waals surface area contributed by atoms with Crippen LogP contribution in [0.25, 0.3) is 30.7 Å². The van der Waals surface area contributed by atoms with E-state index in [0.717, 1.165) is 0 Å². The van der Waals surface area contributed by atoms with Crippen molar-refractivity contribution < 1.29 is 9.59 Å². The second-order valence-corrected chi connectivity index (χ2v) is 17.7. The number of Topliss-reactive ketones (excluding diaryl/α,β-unsaturated/α-hetero) is 2. The Morgan fingerprint density at radius 1 is 0.621 bits per heavy atom. The number of carbonyl (C=O) groups is 2. The van der Waals surface area contributed by atoms with Crippen molar-refractivity contribution >= 4 is 68.1 Å². The van der Waals surface area contributed by atoms with Gasteiger partial charge in [-0.15, -0.1) is 45.3 Å². The van der Waals surface area contributed by atoms with Gasteiger partial charge in [-0.1, -0.05) is 87.2 Å². The number of aryl methyl sites for hydroxylation is 2. The Kier molecular flexibility index (Phi) is 12.3. The molecule has 4 aromatic heterocycles. The van der Waals surface area contributed by atoms with Crippen molar-refractivity contribution in [3.63, 3.8) is 0 Å². The van der Waals surface area contributed by atoms with E-state index in [1.165, 1.54) is 40.4 Å². The number of hydrogen-bond acceptors (Lipinski definition) is 10. The second-order valence-electron chi connectivity index (χ2n) is 13.7. The first-order chi connectivity index (χ1) is 27.9. The lowest BCUT2D eigenvalue weighted by molar-refractivity contribution is 0.103. The highest BCUT2D eigenvalue weighted by molar-refractivity contribution is 7.22. The van der Waals surface area contributed by atoms with Gasteiger partial charge in [0, 0.05) is 68.1 Å². The number of carbonyl (C=O) groups excluding carboxylic acids is 2. The SMILES string of the molecule is C/C=C1\C(=O)c2ccccc2C1=C(C#N)C#N.C=C1C(=O)c2ccccc2C1=C(C#N)C#N.Cc1cc(C(C)(C)c2cc(C)c(-c3cccs3)s2)sc1-c1cccs1. The molecule has 6 aromatic rings. The number of fused-ring (bicyclic) bond motifs is 2. The lowest BCUT2D eigenvalue weighted by Gasteiger charge is -2.21. The van der Waals surface area contributed by atoms with Crippen LogP contribution >= 0.6 is 45.3 Å². The molecule has 6 nitrogen and oxygen atoms in total. The highest BCUT2D eigenvalue weighted by Gasteiger charge is 2.32. The number of nitriles is 4. The monoisotopic (exact) mass is 826 g/mol. The fourth-order valence-electron chi connectivity index (χ4n) is 6.75. The molecule has 8 rings (SSSR count). The average molecular weight is 827 g/mol. The number of nitrogens with zero attached hydrogens (tertiary/aromatic N) is 4. The van der Waals surface area contributed by atoms with Gasteiger partial charge in [0.05, 0.1) is 0 Å². The van der Waals surface area contributed by atoms with E-state index in [0.29, 0.717) is 39.0 Å². The third-order valence-electron chi connectivity index (χ3n) is 9.77. The second kappa shape index (κ2) is 17.3. The zero-order valence-electron chi connectivity index (χ0n) is 32.3. The molecule has 0 unspecified atom stereocenters. The van der Waals surface area contributed by atoms with Gasteiger partial charge in [-0.25, -0.2) is 0 Å². The molecule has 58 heavy (non-hydrogen) atoms. The Bertz CT molecular complexity index is 2770. The van der Waals surface area contributed by atoms with Crippen molar-refractivity contribution in [1.29, 1.82) is 21.0 Å². The lowest BCUT2D eigenvalue weighted by atomic mass is 9.89. The van der Waals surface area contributed by atoms with Crippen molar-refractivity contribution in [2.45, 2.75) is 40.0 Å². The van der Waals surface area contributed by atoms with Gasteiger partial charge in [0.2, 0.25) is 0 Å². The van der Waals surface area contributed by atoms with Crippen molar-refractivity contribution in [1.82, 2.24) is 0 Å². The third kappa shape index (κ3) is 7.63. The van der Waals surface area contributed by atoms with E-state index < -0.39 is 0 Å². The van der Waals surface area contributed by atoms with E-state index in [4.69, 9.17) is 21.0 Å². The molecule has 282 valence electrons. The number of benzene rings is 2. The first-order valence-corrected chi connectivity index (χ1v) is 21.3. The van der Waals surface area contributed by atoms with Crippen LogP contribution in [0.5, 0.6) is 0 Å². The fourth-order valence-corrected chi connectivity index (χ4v) is 11.2. The zero-order chi connectivity index (χ0) is 41.7. The first kappa shape index (κ1) is 41.1. The number of allylic oxidation sites excluding steroid dienone is 7. The molecule has 0 spiro atoms. The van der Waals surface area contributed by atoms with Gasteiger partial charge in [0.1, 0.15) is 35.4 Å². The van der Waals surface area contributed by atoms with E-state index in [1.54, 1.807) is 73.7 Å². The Balaban J connectivity index is 0.000000152. The fraction of sp³-hybridized carbons (Fsp3) is 0.125. The molecule has 2 aliphatic carbocycles. The van der Waals surface area contributed by atoms with E-state index in [2.05, 4.69) is 81.4 Å². The van der Waals surface area contributed by atoms with Gasteiger partial charge in [-0.2, -0.15) is 21.0 Å². The third-order valence-corrected chi connectivity index (χ3v) is 15.0. The zero-order valence-corrected chi connectivity index (χ0v) is 35.5. The molecule has 0 atom stereocenters. The van der Waals surface area contributed by atoms with Crippen molar-refractivity contribution in [2.75, 3.05) is 0 Å². The number of hydrogen-bond donors (Lipinski definition) is 0. The predicted octanol–water partition coefficient (Wildman–Crippen LogP) is 13.1. The van der Waals surface area contributed by atoms with Crippen molar-refractivity contribution in [3.8, 4) is 43.8 Å². The number of ketones is 2. The Labute approximate surface area is 354 Å². The van der Waals surface area contributed by atoms with Gasteiger partial charge in [0.25, 0.3) is 0 Å². The molecule has 0 saturated carbocycles. The molecule has 4 heterocycles. The molecule has 0 radical (unpaired) electrons. The Morgan fingerprint density at radius 2 is 1.03 bits per heavy atom. The molecule has 0 saturated heterocycles. The summed E-state index contributed by atoms with van der Waals surface area (Å²) in [6.45, 7) is 14.6. The number of thiophene rings is 4. The number of rotatable bonds is 4. The quantitative estimate of drug-likeness (QED) is 0.128. The molecule has 0 bridgehead atoms. The lowest BCUT2D eigenvalue weighted by Crippen LogP contribution is -2.15. The van der Waals surface area contributed by atoms with Gasteiger partial charge in [-0.3, -0.25) is 9.59 Å². The first-order valence-electron chi connectivity index (χ1n) is 17.9. The molecule has 2 aliphatic rings. The van der Waals surface area contributed by atoms with Crippen molar-refractivity contribution in [3.05, 3.63) is 174 Å². The predicted molar refractivity (Wildman–Crippen MR) is 238 cm³/mol. The summed E-state index contributed by atoms with van der Waals surface area (Å²) in [4.78, 5) is 32.4. The average Bonchev–Trinajstić information content (AvgIpc) is 4.10. The van der Waals surface area contributed by atoms with Crippen LogP contribution in [0.4, 0.5) is 0 Å². The van der Waals surface area contributed by atoms with E-state index in [-0.39, 0.29) is 33.7 Å². The Morgan fingerprint density at radius 3 is 1.45 bits per heavy atom. The summed E-state index contributed by atoms with van der Waals surface area (Å²) in [5.41, 5.74) is 6.57. The minimum Gasteiger partial charge on any atom is -0.289 e. The van der Waals surface area contributed by atoms with Crippen molar-refractivity contribution in [2.24, 2.45) is 0 Å². The summed E-state index contributed by atoms with van der Waals surface area (Å²) in [7, 11) is 0. The summed E-state index contributed by atoms with van der Waals surface area (Å²) in [6.07, 6.45) is 1.65. The van der Waals surface area contributed by atoms with Gasteiger partial charge in [0.15, 0.2) is 11.6 Å². The largest absolute Gasteiger partial charge is 0.289 e. The molecular weight excluding hydrogens is 793 g/mol. The van der Waals surface area contributed by atoms with Crippen LogP contribution in [-0.2, 0) is 5.41 Å². The van der Waals surface area contributed by atoms with Crippen LogP contribution in [0, 0.1) is 59.2 Å². The maximum Gasteiger partial charge on any atom is 0.194 e. The van der Waals surface area contributed by atoms with Gasteiger partial charge in [-0.05, 0) is 78.1 Å². The highest BCUT2D eigenvalue weighted by atomic mass is 32.1.